The zero-order chi connectivity index (χ0) is 11.8. The second-order valence-corrected chi connectivity index (χ2v) is 3.52. The molecule has 0 saturated heterocycles. The Morgan fingerprint density at radius 1 is 1.38 bits per heavy atom. The van der Waals surface area contributed by atoms with Crippen LogP contribution < -0.4 is 0 Å². The highest BCUT2D eigenvalue weighted by Gasteiger charge is 2.31. The predicted octanol–water partition coefficient (Wildman–Crippen LogP) is 2.27. The van der Waals surface area contributed by atoms with E-state index in [-0.39, 0.29) is 6.04 Å². The van der Waals surface area contributed by atoms with Crippen LogP contribution in [-0.4, -0.2) is 23.5 Å². The van der Waals surface area contributed by atoms with Gasteiger partial charge in [-0.1, -0.05) is 0 Å². The fourth-order valence-corrected chi connectivity index (χ4v) is 1.30. The van der Waals surface area contributed by atoms with Gasteiger partial charge in [-0.05, 0) is 19.1 Å². The van der Waals surface area contributed by atoms with Crippen LogP contribution in [0.3, 0.4) is 0 Å². The first-order chi connectivity index (χ1) is 7.47. The molecule has 0 radical (unpaired) electrons. The molecule has 2 rings (SSSR count). The maximum Gasteiger partial charge on any atom is 0.417 e. The van der Waals surface area contributed by atoms with Crippen molar-refractivity contribution in [1.82, 2.24) is 4.98 Å². The first-order valence-corrected chi connectivity index (χ1v) is 4.71. The van der Waals surface area contributed by atoms with E-state index in [9.17, 15) is 13.2 Å². The van der Waals surface area contributed by atoms with Gasteiger partial charge in [-0.15, -0.1) is 0 Å². The molecule has 1 unspecified atom stereocenters. The fraction of sp³-hybridized carbons (Fsp3) is 0.400. The van der Waals surface area contributed by atoms with E-state index in [0.29, 0.717) is 18.2 Å². The van der Waals surface area contributed by atoms with E-state index in [1.807, 2.05) is 6.92 Å². The van der Waals surface area contributed by atoms with Crippen molar-refractivity contribution in [2.45, 2.75) is 19.1 Å². The van der Waals surface area contributed by atoms with Gasteiger partial charge in [0.05, 0.1) is 11.6 Å². The van der Waals surface area contributed by atoms with Crippen LogP contribution in [0.15, 0.2) is 23.3 Å². The number of ether oxygens (including phenoxy) is 1. The fourth-order valence-electron chi connectivity index (χ4n) is 1.30. The number of halogens is 3. The third-order valence-electron chi connectivity index (χ3n) is 2.11. The molecular weight excluding hydrogens is 221 g/mol. The summed E-state index contributed by atoms with van der Waals surface area (Å²) in [4.78, 5) is 7.79. The third-order valence-corrected chi connectivity index (χ3v) is 2.11. The predicted molar refractivity (Wildman–Crippen MR) is 51.2 cm³/mol. The second-order valence-electron chi connectivity index (χ2n) is 3.52. The summed E-state index contributed by atoms with van der Waals surface area (Å²) in [5, 5.41) is 0. The standard InChI is InChI=1S/C10H9F3N2O/c1-6-5-16-9(15-6)8-3-2-7(4-14-8)10(11,12)13/h2-4,6H,5H2,1H3. The maximum absolute atomic E-state index is 12.3. The highest BCUT2D eigenvalue weighted by atomic mass is 19.4. The Morgan fingerprint density at radius 2 is 2.12 bits per heavy atom. The van der Waals surface area contributed by atoms with Crippen molar-refractivity contribution in [3.8, 4) is 0 Å². The van der Waals surface area contributed by atoms with Gasteiger partial charge in [-0.3, -0.25) is 4.98 Å². The van der Waals surface area contributed by atoms with Crippen molar-refractivity contribution >= 4 is 5.90 Å². The molecule has 0 bridgehead atoms. The third kappa shape index (κ3) is 2.15. The molecule has 1 atom stereocenters. The molecule has 0 fully saturated rings. The number of aromatic nitrogens is 1. The summed E-state index contributed by atoms with van der Waals surface area (Å²) in [5.41, 5.74) is -0.444. The SMILES string of the molecule is CC1COC(c2ccc(C(F)(F)F)cn2)=N1. The minimum absolute atomic E-state index is 0.0269. The van der Waals surface area contributed by atoms with Gasteiger partial charge in [0.1, 0.15) is 12.3 Å². The number of rotatable bonds is 1. The van der Waals surface area contributed by atoms with Crippen LogP contribution >= 0.6 is 0 Å². The van der Waals surface area contributed by atoms with Crippen LogP contribution in [0.25, 0.3) is 0 Å². The number of pyridine rings is 1. The van der Waals surface area contributed by atoms with E-state index in [2.05, 4.69) is 9.98 Å². The normalized spacial score (nSPS) is 20.5. The van der Waals surface area contributed by atoms with Gasteiger partial charge in [-0.2, -0.15) is 13.2 Å². The van der Waals surface area contributed by atoms with Gasteiger partial charge in [0, 0.05) is 6.20 Å². The molecule has 3 nitrogen and oxygen atoms in total. The zero-order valence-corrected chi connectivity index (χ0v) is 8.45. The Bertz CT molecular complexity index is 411. The van der Waals surface area contributed by atoms with Crippen molar-refractivity contribution in [3.63, 3.8) is 0 Å². The highest BCUT2D eigenvalue weighted by Crippen LogP contribution is 2.28. The van der Waals surface area contributed by atoms with Crippen molar-refractivity contribution in [1.29, 1.82) is 0 Å². The number of nitrogens with zero attached hydrogens (tertiary/aromatic N) is 2. The van der Waals surface area contributed by atoms with E-state index in [4.69, 9.17) is 4.74 Å². The number of hydrogen-bond acceptors (Lipinski definition) is 3. The van der Waals surface area contributed by atoms with Gasteiger partial charge in [-0.25, -0.2) is 4.99 Å². The van der Waals surface area contributed by atoms with Crippen LogP contribution in [0.1, 0.15) is 18.2 Å². The van der Waals surface area contributed by atoms with E-state index >= 15 is 0 Å². The minimum atomic E-state index is -4.36. The molecule has 0 spiro atoms. The molecule has 2 heterocycles. The zero-order valence-electron chi connectivity index (χ0n) is 8.45. The molecule has 86 valence electrons. The van der Waals surface area contributed by atoms with Crippen molar-refractivity contribution in [2.24, 2.45) is 4.99 Å². The Kier molecular flexibility index (Phi) is 2.57. The lowest BCUT2D eigenvalue weighted by atomic mass is 10.2. The first-order valence-electron chi connectivity index (χ1n) is 4.71. The second kappa shape index (κ2) is 3.77. The van der Waals surface area contributed by atoms with Crippen LogP contribution in [0.2, 0.25) is 0 Å². The topological polar surface area (TPSA) is 34.5 Å². The molecule has 0 N–H and O–H groups in total. The lowest BCUT2D eigenvalue weighted by Crippen LogP contribution is -2.08. The van der Waals surface area contributed by atoms with Crippen molar-refractivity contribution < 1.29 is 17.9 Å². The van der Waals surface area contributed by atoms with E-state index in [1.165, 1.54) is 6.07 Å². The maximum atomic E-state index is 12.3. The Labute approximate surface area is 90.0 Å². The molecule has 16 heavy (non-hydrogen) atoms. The number of hydrogen-bond donors (Lipinski definition) is 0. The molecule has 1 aromatic rings. The first kappa shape index (κ1) is 10.9. The monoisotopic (exact) mass is 230 g/mol. The summed E-state index contributed by atoms with van der Waals surface area (Å²) >= 11 is 0. The van der Waals surface area contributed by atoms with Gasteiger partial charge in [0.25, 0.3) is 0 Å². The average Bonchev–Trinajstić information content (AvgIpc) is 2.64. The lowest BCUT2D eigenvalue weighted by molar-refractivity contribution is -0.137. The molecule has 0 amide bonds. The van der Waals surface area contributed by atoms with Crippen molar-refractivity contribution in [2.75, 3.05) is 6.61 Å². The molecule has 0 saturated carbocycles. The van der Waals surface area contributed by atoms with E-state index in [0.717, 1.165) is 12.3 Å². The number of aliphatic imine (C=N–C) groups is 1. The Balaban J connectivity index is 2.23. The summed E-state index contributed by atoms with van der Waals surface area (Å²) < 4.78 is 42.0. The summed E-state index contributed by atoms with van der Waals surface area (Å²) in [5.74, 6) is 0.307. The van der Waals surface area contributed by atoms with Crippen LogP contribution in [0.4, 0.5) is 13.2 Å². The van der Waals surface area contributed by atoms with Crippen LogP contribution in [0, 0.1) is 0 Å². The van der Waals surface area contributed by atoms with Gasteiger partial charge < -0.3 is 4.74 Å². The Hall–Kier alpha value is -1.59. The Morgan fingerprint density at radius 3 is 2.56 bits per heavy atom. The van der Waals surface area contributed by atoms with E-state index < -0.39 is 11.7 Å². The van der Waals surface area contributed by atoms with Crippen LogP contribution in [0.5, 0.6) is 0 Å². The smallest absolute Gasteiger partial charge is 0.417 e. The van der Waals surface area contributed by atoms with E-state index in [1.54, 1.807) is 0 Å². The molecule has 6 heteroatoms. The quantitative estimate of drug-likeness (QED) is 0.741. The highest BCUT2D eigenvalue weighted by molar-refractivity contribution is 5.93. The molecule has 0 aromatic carbocycles. The lowest BCUT2D eigenvalue weighted by Gasteiger charge is -2.06. The van der Waals surface area contributed by atoms with Crippen molar-refractivity contribution in [3.05, 3.63) is 29.6 Å². The summed E-state index contributed by atoms with van der Waals surface area (Å²) in [7, 11) is 0. The van der Waals surface area contributed by atoms with Crippen LogP contribution in [-0.2, 0) is 10.9 Å². The average molecular weight is 230 g/mol. The summed E-state index contributed by atoms with van der Waals surface area (Å²) in [6, 6.07) is 2.26. The minimum Gasteiger partial charge on any atom is -0.474 e. The molecule has 1 aromatic heterocycles. The molecule has 0 aliphatic carbocycles. The summed E-state index contributed by atoms with van der Waals surface area (Å²) in [6.07, 6.45) is -3.58. The number of alkyl halides is 3. The van der Waals surface area contributed by atoms with Gasteiger partial charge in [0.15, 0.2) is 0 Å². The molecule has 1 aliphatic heterocycles. The van der Waals surface area contributed by atoms with Gasteiger partial charge >= 0.3 is 6.18 Å². The molecular formula is C10H9F3N2O. The summed E-state index contributed by atoms with van der Waals surface area (Å²) in [6.45, 7) is 2.30. The largest absolute Gasteiger partial charge is 0.474 e. The molecule has 1 aliphatic rings. The van der Waals surface area contributed by atoms with Gasteiger partial charge in [0.2, 0.25) is 5.90 Å².